The summed E-state index contributed by atoms with van der Waals surface area (Å²) in [4.78, 5) is 14.9. The van der Waals surface area contributed by atoms with Crippen LogP contribution in [0.15, 0.2) is 55.5 Å². The van der Waals surface area contributed by atoms with Gasteiger partial charge >= 0.3 is 0 Å². The monoisotopic (exact) mass is 391 g/mol. The van der Waals surface area contributed by atoms with Crippen LogP contribution in [0.5, 0.6) is 0 Å². The Kier molecular flexibility index (Phi) is 4.95. The summed E-state index contributed by atoms with van der Waals surface area (Å²) in [7, 11) is 0. The Balaban J connectivity index is 1.20. The van der Waals surface area contributed by atoms with Gasteiger partial charge in [-0.2, -0.15) is 5.10 Å². The zero-order valence-corrected chi connectivity index (χ0v) is 16.2. The Morgan fingerprint density at radius 3 is 2.59 bits per heavy atom. The summed E-state index contributed by atoms with van der Waals surface area (Å²) in [6, 6.07) is 8.52. The van der Waals surface area contributed by atoms with Gasteiger partial charge < -0.3 is 10.4 Å². The number of nitrogens with one attached hydrogen (secondary N) is 1. The number of hydrogen-bond donors (Lipinski definition) is 2. The van der Waals surface area contributed by atoms with Gasteiger partial charge in [0.15, 0.2) is 0 Å². The molecular formula is C21H25N7O. The van der Waals surface area contributed by atoms with Crippen molar-refractivity contribution in [2.24, 2.45) is 11.8 Å². The highest BCUT2D eigenvalue weighted by Gasteiger charge is 2.41. The van der Waals surface area contributed by atoms with Crippen LogP contribution in [0.4, 0.5) is 5.82 Å². The van der Waals surface area contributed by atoms with Gasteiger partial charge in [0.05, 0.1) is 24.0 Å². The first-order valence-corrected chi connectivity index (χ1v) is 10.1. The zero-order chi connectivity index (χ0) is 19.6. The Hall–Kier alpha value is -2.84. The molecule has 1 aliphatic heterocycles. The van der Waals surface area contributed by atoms with Crippen LogP contribution >= 0.6 is 0 Å². The second-order valence-corrected chi connectivity index (χ2v) is 8.10. The summed E-state index contributed by atoms with van der Waals surface area (Å²) < 4.78 is 1.76. The molecule has 1 saturated carbocycles. The Morgan fingerprint density at radius 2 is 1.86 bits per heavy atom. The van der Waals surface area contributed by atoms with Crippen LogP contribution in [0, 0.1) is 11.8 Å². The molecule has 1 aromatic carbocycles. The molecule has 1 saturated heterocycles. The lowest BCUT2D eigenvalue weighted by molar-refractivity contribution is 0.0735. The third kappa shape index (κ3) is 3.99. The molecule has 1 aliphatic carbocycles. The van der Waals surface area contributed by atoms with Crippen LogP contribution < -0.4 is 5.32 Å². The first-order chi connectivity index (χ1) is 14.2. The molecular weight excluding hydrogens is 366 g/mol. The molecule has 8 nitrogen and oxygen atoms in total. The molecule has 150 valence electrons. The van der Waals surface area contributed by atoms with E-state index in [0.29, 0.717) is 11.8 Å². The van der Waals surface area contributed by atoms with E-state index in [0.717, 1.165) is 44.0 Å². The molecule has 5 rings (SSSR count). The van der Waals surface area contributed by atoms with Crippen LogP contribution in [0.1, 0.15) is 18.4 Å². The van der Waals surface area contributed by atoms with Crippen molar-refractivity contribution < 1.29 is 5.11 Å². The predicted octanol–water partition coefficient (Wildman–Crippen LogP) is 1.74. The molecule has 2 N–H and O–H groups in total. The standard InChI is InChI=1S/C21H25N7O/c29-20-8-17-12-27(10-15-1-3-18(4-2-15)28-14-23-13-25-28)11-16(17)7-19(20)26-21-9-22-5-6-24-21/h1-6,9,13-14,16-17,19-20,29H,7-8,10-12H2,(H,24,26)/t16-,17+,19-,20-/m1/s1. The molecule has 3 aromatic rings. The van der Waals surface area contributed by atoms with E-state index in [1.807, 2.05) is 0 Å². The van der Waals surface area contributed by atoms with Gasteiger partial charge in [0, 0.05) is 32.0 Å². The van der Waals surface area contributed by atoms with E-state index in [1.54, 1.807) is 35.9 Å². The highest BCUT2D eigenvalue weighted by atomic mass is 16.3. The summed E-state index contributed by atoms with van der Waals surface area (Å²) >= 11 is 0. The topological polar surface area (TPSA) is 92.0 Å². The van der Waals surface area contributed by atoms with Gasteiger partial charge in [-0.05, 0) is 42.4 Å². The van der Waals surface area contributed by atoms with Gasteiger partial charge in [-0.3, -0.25) is 9.88 Å². The quantitative estimate of drug-likeness (QED) is 0.684. The summed E-state index contributed by atoms with van der Waals surface area (Å²) in [5, 5.41) is 18.2. The summed E-state index contributed by atoms with van der Waals surface area (Å²) in [5.41, 5.74) is 2.31. The van der Waals surface area contributed by atoms with Crippen molar-refractivity contribution in [1.29, 1.82) is 0 Å². The Morgan fingerprint density at radius 1 is 1.03 bits per heavy atom. The smallest absolute Gasteiger partial charge is 0.144 e. The molecule has 0 unspecified atom stereocenters. The average molecular weight is 391 g/mol. The highest BCUT2D eigenvalue weighted by Crippen LogP contribution is 2.37. The van der Waals surface area contributed by atoms with E-state index in [1.165, 1.54) is 5.56 Å². The minimum atomic E-state index is -0.347. The molecule has 3 heterocycles. The van der Waals surface area contributed by atoms with E-state index < -0.39 is 0 Å². The number of aliphatic hydroxyl groups excluding tert-OH is 1. The molecule has 0 spiro atoms. The van der Waals surface area contributed by atoms with Crippen molar-refractivity contribution in [2.75, 3.05) is 18.4 Å². The number of anilines is 1. The highest BCUT2D eigenvalue weighted by molar-refractivity contribution is 5.34. The lowest BCUT2D eigenvalue weighted by Gasteiger charge is -2.35. The van der Waals surface area contributed by atoms with E-state index in [9.17, 15) is 5.11 Å². The lowest BCUT2D eigenvalue weighted by atomic mass is 9.77. The number of aliphatic hydroxyl groups is 1. The van der Waals surface area contributed by atoms with Gasteiger partial charge in [0.2, 0.25) is 0 Å². The minimum Gasteiger partial charge on any atom is -0.391 e. The third-order valence-electron chi connectivity index (χ3n) is 6.14. The SMILES string of the molecule is O[C@@H]1C[C@H]2CN(Cc3ccc(-n4cncn4)cc3)C[C@H]2C[C@H]1Nc1cnccn1. The van der Waals surface area contributed by atoms with Crippen molar-refractivity contribution >= 4 is 5.82 Å². The normalized spacial score (nSPS) is 26.9. The summed E-state index contributed by atoms with van der Waals surface area (Å²) in [5.74, 6) is 1.89. The first-order valence-electron chi connectivity index (χ1n) is 10.1. The number of aromatic nitrogens is 5. The van der Waals surface area contributed by atoms with Gasteiger partial charge in [-0.15, -0.1) is 0 Å². The van der Waals surface area contributed by atoms with Gasteiger partial charge in [0.25, 0.3) is 0 Å². The molecule has 0 amide bonds. The number of likely N-dealkylation sites (tertiary alicyclic amines) is 1. The Bertz CT molecular complexity index is 916. The van der Waals surface area contributed by atoms with Crippen molar-refractivity contribution in [3.05, 3.63) is 61.1 Å². The zero-order valence-electron chi connectivity index (χ0n) is 16.2. The van der Waals surface area contributed by atoms with E-state index in [2.05, 4.69) is 54.5 Å². The number of nitrogens with zero attached hydrogens (tertiary/aromatic N) is 6. The van der Waals surface area contributed by atoms with Crippen molar-refractivity contribution in [3.8, 4) is 5.69 Å². The number of hydrogen-bond acceptors (Lipinski definition) is 7. The second-order valence-electron chi connectivity index (χ2n) is 8.10. The summed E-state index contributed by atoms with van der Waals surface area (Å²) in [6.45, 7) is 3.05. The van der Waals surface area contributed by atoms with Crippen molar-refractivity contribution in [1.82, 2.24) is 29.6 Å². The Labute approximate surface area is 169 Å². The first kappa shape index (κ1) is 18.2. The van der Waals surface area contributed by atoms with Gasteiger partial charge in [0.1, 0.15) is 18.5 Å². The van der Waals surface area contributed by atoms with Crippen molar-refractivity contribution in [2.45, 2.75) is 31.5 Å². The average Bonchev–Trinajstić information content (AvgIpc) is 3.39. The maximum Gasteiger partial charge on any atom is 0.144 e. The summed E-state index contributed by atoms with van der Waals surface area (Å²) in [6.07, 6.45) is 9.74. The van der Waals surface area contributed by atoms with Crippen LogP contribution in [0.25, 0.3) is 5.69 Å². The number of fused-ring (bicyclic) bond motifs is 1. The number of rotatable bonds is 5. The van der Waals surface area contributed by atoms with Gasteiger partial charge in [-0.1, -0.05) is 12.1 Å². The largest absolute Gasteiger partial charge is 0.391 e. The van der Waals surface area contributed by atoms with E-state index in [-0.39, 0.29) is 12.1 Å². The van der Waals surface area contributed by atoms with Crippen LogP contribution in [-0.2, 0) is 6.54 Å². The molecule has 4 atom stereocenters. The van der Waals surface area contributed by atoms with Crippen molar-refractivity contribution in [3.63, 3.8) is 0 Å². The fraction of sp³-hybridized carbons (Fsp3) is 0.429. The molecule has 0 radical (unpaired) electrons. The van der Waals surface area contributed by atoms with Crippen LogP contribution in [0.2, 0.25) is 0 Å². The molecule has 2 aliphatic rings. The van der Waals surface area contributed by atoms with E-state index >= 15 is 0 Å². The van der Waals surface area contributed by atoms with Crippen LogP contribution in [-0.4, -0.2) is 60.0 Å². The molecule has 29 heavy (non-hydrogen) atoms. The molecule has 8 heteroatoms. The maximum atomic E-state index is 10.6. The second kappa shape index (κ2) is 7.88. The minimum absolute atomic E-state index is 0.0369. The fourth-order valence-electron chi connectivity index (χ4n) is 4.73. The third-order valence-corrected chi connectivity index (χ3v) is 6.14. The van der Waals surface area contributed by atoms with E-state index in [4.69, 9.17) is 0 Å². The predicted molar refractivity (Wildman–Crippen MR) is 108 cm³/mol. The molecule has 2 aromatic heterocycles. The molecule has 2 fully saturated rings. The van der Waals surface area contributed by atoms with Crippen LogP contribution in [0.3, 0.4) is 0 Å². The molecule has 0 bridgehead atoms. The maximum absolute atomic E-state index is 10.6. The van der Waals surface area contributed by atoms with Gasteiger partial charge in [-0.25, -0.2) is 14.6 Å². The fourth-order valence-corrected chi connectivity index (χ4v) is 4.73. The number of benzene rings is 1. The lowest BCUT2D eigenvalue weighted by Crippen LogP contribution is -2.43.